The average Bonchev–Trinajstić information content (AvgIpc) is 2.28. The third-order valence-electron chi connectivity index (χ3n) is 2.54. The van der Waals surface area contributed by atoms with Crippen LogP contribution in [0.25, 0.3) is 0 Å². The van der Waals surface area contributed by atoms with Crippen molar-refractivity contribution in [1.82, 2.24) is 4.31 Å². The summed E-state index contributed by atoms with van der Waals surface area (Å²) in [6, 6.07) is 3.90. The molecule has 0 heterocycles. The fraction of sp³-hybridized carbons (Fsp3) is 0.500. The summed E-state index contributed by atoms with van der Waals surface area (Å²) >= 11 is 0. The normalized spacial score (nSPS) is 12.0. The molecule has 0 atom stereocenters. The quantitative estimate of drug-likeness (QED) is 0.809. The number of benzene rings is 1. The second-order valence-electron chi connectivity index (χ2n) is 4.06. The van der Waals surface area contributed by atoms with E-state index in [2.05, 4.69) is 0 Å². The Hall–Kier alpha value is -1.14. The summed E-state index contributed by atoms with van der Waals surface area (Å²) < 4.78 is 39.7. The Labute approximate surface area is 108 Å². The molecule has 0 aliphatic rings. The molecule has 0 bridgehead atoms. The molecule has 1 rings (SSSR count). The first-order valence-electron chi connectivity index (χ1n) is 5.99. The van der Waals surface area contributed by atoms with Crippen molar-refractivity contribution >= 4 is 15.7 Å². The van der Waals surface area contributed by atoms with E-state index in [0.29, 0.717) is 25.9 Å². The molecule has 0 fully saturated rings. The predicted molar refractivity (Wildman–Crippen MR) is 70.2 cm³/mol. The molecule has 0 aliphatic carbocycles. The van der Waals surface area contributed by atoms with Gasteiger partial charge in [0.25, 0.3) is 0 Å². The first kappa shape index (κ1) is 14.9. The fourth-order valence-corrected chi connectivity index (χ4v) is 3.56. The van der Waals surface area contributed by atoms with E-state index in [1.165, 1.54) is 16.4 Å². The van der Waals surface area contributed by atoms with Crippen molar-refractivity contribution in [1.29, 1.82) is 0 Å². The van der Waals surface area contributed by atoms with Crippen LogP contribution in [0.3, 0.4) is 0 Å². The van der Waals surface area contributed by atoms with Crippen LogP contribution in [0, 0.1) is 5.82 Å². The van der Waals surface area contributed by atoms with Crippen molar-refractivity contribution < 1.29 is 12.8 Å². The number of sulfonamides is 1. The number of hydrogen-bond donors (Lipinski definition) is 1. The summed E-state index contributed by atoms with van der Waals surface area (Å²) in [5.74, 6) is -0.799. The van der Waals surface area contributed by atoms with Gasteiger partial charge in [0, 0.05) is 13.1 Å². The smallest absolute Gasteiger partial charge is 0.248 e. The molecule has 0 saturated carbocycles. The number of anilines is 1. The van der Waals surface area contributed by atoms with Gasteiger partial charge in [0.15, 0.2) is 0 Å². The maximum Gasteiger partial charge on any atom is 0.248 e. The van der Waals surface area contributed by atoms with E-state index in [-0.39, 0.29) is 5.69 Å². The van der Waals surface area contributed by atoms with Crippen LogP contribution in [0.4, 0.5) is 10.1 Å². The first-order valence-corrected chi connectivity index (χ1v) is 7.43. The Morgan fingerprint density at radius 1 is 1.22 bits per heavy atom. The number of rotatable bonds is 6. The average molecular weight is 274 g/mol. The topological polar surface area (TPSA) is 63.4 Å². The lowest BCUT2D eigenvalue weighted by Gasteiger charge is -2.22. The highest BCUT2D eigenvalue weighted by Gasteiger charge is 2.28. The lowest BCUT2D eigenvalue weighted by molar-refractivity contribution is 0.407. The van der Waals surface area contributed by atoms with E-state index >= 15 is 0 Å². The Morgan fingerprint density at radius 3 is 2.22 bits per heavy atom. The Kier molecular flexibility index (Phi) is 5.10. The van der Waals surface area contributed by atoms with E-state index in [1.807, 2.05) is 13.8 Å². The highest BCUT2D eigenvalue weighted by molar-refractivity contribution is 7.89. The van der Waals surface area contributed by atoms with Gasteiger partial charge in [-0.3, -0.25) is 0 Å². The van der Waals surface area contributed by atoms with Crippen LogP contribution >= 0.6 is 0 Å². The van der Waals surface area contributed by atoms with Crippen molar-refractivity contribution in [3.05, 3.63) is 24.0 Å². The van der Waals surface area contributed by atoms with E-state index in [4.69, 9.17) is 5.73 Å². The summed E-state index contributed by atoms with van der Waals surface area (Å²) in [5, 5.41) is 0. The van der Waals surface area contributed by atoms with Gasteiger partial charge in [0.05, 0.1) is 5.69 Å². The molecule has 0 aliphatic heterocycles. The summed E-state index contributed by atoms with van der Waals surface area (Å²) in [5.41, 5.74) is 5.54. The standard InChI is InChI=1S/C12H19FN2O2S/c1-3-8-15(9-4-2)18(16,17)12-10(13)6-5-7-11(12)14/h5-7H,3-4,8-9,14H2,1-2H3. The molecule has 2 N–H and O–H groups in total. The third kappa shape index (κ3) is 3.00. The van der Waals surface area contributed by atoms with Crippen molar-refractivity contribution in [2.45, 2.75) is 31.6 Å². The second kappa shape index (κ2) is 6.15. The molecule has 6 heteroatoms. The molecule has 0 spiro atoms. The van der Waals surface area contributed by atoms with Gasteiger partial charge in [-0.1, -0.05) is 19.9 Å². The zero-order valence-electron chi connectivity index (χ0n) is 10.7. The zero-order valence-corrected chi connectivity index (χ0v) is 11.5. The van der Waals surface area contributed by atoms with E-state index in [9.17, 15) is 12.8 Å². The molecule has 0 radical (unpaired) electrons. The maximum atomic E-state index is 13.7. The Bertz CT molecular complexity index is 477. The number of nitrogens with two attached hydrogens (primary N) is 1. The van der Waals surface area contributed by atoms with Crippen molar-refractivity contribution in [3.8, 4) is 0 Å². The molecule has 1 aromatic rings. The van der Waals surface area contributed by atoms with Crippen molar-refractivity contribution in [2.24, 2.45) is 0 Å². The van der Waals surface area contributed by atoms with Gasteiger partial charge in [-0.2, -0.15) is 4.31 Å². The zero-order chi connectivity index (χ0) is 13.8. The van der Waals surface area contributed by atoms with Gasteiger partial charge in [0.1, 0.15) is 10.7 Å². The molecule has 0 aromatic heterocycles. The number of nitrogen functional groups attached to an aromatic ring is 1. The minimum absolute atomic E-state index is 0.0489. The van der Waals surface area contributed by atoms with Crippen molar-refractivity contribution in [3.63, 3.8) is 0 Å². The summed E-state index contributed by atoms with van der Waals surface area (Å²) in [4.78, 5) is -0.410. The maximum absolute atomic E-state index is 13.7. The minimum atomic E-state index is -3.85. The van der Waals surface area contributed by atoms with E-state index in [1.54, 1.807) is 0 Å². The van der Waals surface area contributed by atoms with Gasteiger partial charge in [-0.15, -0.1) is 0 Å². The lowest BCUT2D eigenvalue weighted by atomic mass is 10.3. The SMILES string of the molecule is CCCN(CCC)S(=O)(=O)c1c(N)cccc1F. The second-order valence-corrected chi connectivity index (χ2v) is 5.94. The molecule has 1 aromatic carbocycles. The summed E-state index contributed by atoms with van der Waals surface area (Å²) in [7, 11) is -3.85. The van der Waals surface area contributed by atoms with E-state index < -0.39 is 20.7 Å². The molecular formula is C12H19FN2O2S. The van der Waals surface area contributed by atoms with Gasteiger partial charge >= 0.3 is 0 Å². The molecule has 0 amide bonds. The van der Waals surface area contributed by atoms with Gasteiger partial charge < -0.3 is 5.73 Å². The van der Waals surface area contributed by atoms with Gasteiger partial charge in [-0.25, -0.2) is 12.8 Å². The first-order chi connectivity index (χ1) is 8.45. The minimum Gasteiger partial charge on any atom is -0.398 e. The third-order valence-corrected chi connectivity index (χ3v) is 4.53. The Balaban J connectivity index is 3.26. The largest absolute Gasteiger partial charge is 0.398 e. The van der Waals surface area contributed by atoms with Crippen molar-refractivity contribution in [2.75, 3.05) is 18.8 Å². The molecular weight excluding hydrogens is 255 g/mol. The molecule has 0 unspecified atom stereocenters. The number of halogens is 1. The van der Waals surface area contributed by atoms with E-state index in [0.717, 1.165) is 6.07 Å². The van der Waals surface area contributed by atoms with Crippen LogP contribution in [0.1, 0.15) is 26.7 Å². The van der Waals surface area contributed by atoms with Crippen LogP contribution in [-0.4, -0.2) is 25.8 Å². The summed E-state index contributed by atoms with van der Waals surface area (Å²) in [6.07, 6.45) is 1.35. The molecule has 102 valence electrons. The molecule has 4 nitrogen and oxygen atoms in total. The van der Waals surface area contributed by atoms with Gasteiger partial charge in [-0.05, 0) is 25.0 Å². The number of nitrogens with zero attached hydrogens (tertiary/aromatic N) is 1. The van der Waals surface area contributed by atoms with Crippen LogP contribution in [0.2, 0.25) is 0 Å². The lowest BCUT2D eigenvalue weighted by Crippen LogP contribution is -2.33. The molecule has 18 heavy (non-hydrogen) atoms. The van der Waals surface area contributed by atoms with Crippen LogP contribution in [-0.2, 0) is 10.0 Å². The highest BCUT2D eigenvalue weighted by Crippen LogP contribution is 2.25. The van der Waals surface area contributed by atoms with Gasteiger partial charge in [0.2, 0.25) is 10.0 Å². The summed E-state index contributed by atoms with van der Waals surface area (Å²) in [6.45, 7) is 4.49. The fourth-order valence-electron chi connectivity index (χ4n) is 1.78. The predicted octanol–water partition coefficient (Wildman–Crippen LogP) is 2.22. The van der Waals surface area contributed by atoms with Crippen LogP contribution < -0.4 is 5.73 Å². The van der Waals surface area contributed by atoms with Crippen LogP contribution in [0.5, 0.6) is 0 Å². The number of hydrogen-bond acceptors (Lipinski definition) is 3. The Morgan fingerprint density at radius 2 is 1.78 bits per heavy atom. The monoisotopic (exact) mass is 274 g/mol. The molecule has 0 saturated heterocycles. The van der Waals surface area contributed by atoms with Crippen LogP contribution in [0.15, 0.2) is 23.1 Å². The highest BCUT2D eigenvalue weighted by atomic mass is 32.2.